The van der Waals surface area contributed by atoms with Gasteiger partial charge in [-0.15, -0.1) is 0 Å². The predicted molar refractivity (Wildman–Crippen MR) is 119 cm³/mol. The number of benzene rings is 4. The molecule has 4 aromatic rings. The van der Waals surface area contributed by atoms with Crippen LogP contribution in [-0.2, 0) is 0 Å². The standard InChI is InChI=1S/C27H20O4/c28-18-19-5-4-8-23(17-19)27(30)31-25-15-11-22(12-16-25)26(20-6-2-1-3-7-20)21-9-13-24(29)14-10-21/h1-18,26,29H. The van der Waals surface area contributed by atoms with E-state index in [1.165, 1.54) is 6.07 Å². The first-order chi connectivity index (χ1) is 15.1. The summed E-state index contributed by atoms with van der Waals surface area (Å²) < 4.78 is 5.47. The molecule has 4 heteroatoms. The highest BCUT2D eigenvalue weighted by molar-refractivity contribution is 5.93. The minimum Gasteiger partial charge on any atom is -0.508 e. The molecule has 4 aromatic carbocycles. The smallest absolute Gasteiger partial charge is 0.343 e. The van der Waals surface area contributed by atoms with E-state index < -0.39 is 5.97 Å². The van der Waals surface area contributed by atoms with E-state index in [1.54, 1.807) is 42.5 Å². The van der Waals surface area contributed by atoms with Crippen LogP contribution in [0, 0.1) is 0 Å². The molecule has 0 aliphatic carbocycles. The van der Waals surface area contributed by atoms with Gasteiger partial charge in [0.25, 0.3) is 0 Å². The van der Waals surface area contributed by atoms with Gasteiger partial charge in [-0.1, -0.05) is 66.7 Å². The van der Waals surface area contributed by atoms with Crippen LogP contribution in [0.2, 0.25) is 0 Å². The van der Waals surface area contributed by atoms with Gasteiger partial charge < -0.3 is 9.84 Å². The molecule has 0 spiro atoms. The van der Waals surface area contributed by atoms with Gasteiger partial charge in [0.2, 0.25) is 0 Å². The molecule has 0 aromatic heterocycles. The molecule has 0 amide bonds. The average molecular weight is 408 g/mol. The third-order valence-electron chi connectivity index (χ3n) is 5.04. The second-order valence-corrected chi connectivity index (χ2v) is 7.14. The summed E-state index contributed by atoms with van der Waals surface area (Å²) in [7, 11) is 0. The maximum atomic E-state index is 12.4. The number of carbonyl (C=O) groups is 2. The summed E-state index contributed by atoms with van der Waals surface area (Å²) in [5, 5.41) is 9.66. The van der Waals surface area contributed by atoms with Crippen molar-refractivity contribution in [3.63, 3.8) is 0 Å². The number of hydrogen-bond acceptors (Lipinski definition) is 4. The SMILES string of the molecule is O=Cc1cccc(C(=O)Oc2ccc(C(c3ccccc3)c3ccc(O)cc3)cc2)c1. The first-order valence-corrected chi connectivity index (χ1v) is 9.85. The number of phenolic OH excluding ortho intramolecular Hbond substituents is 1. The molecule has 0 radical (unpaired) electrons. The molecular weight excluding hydrogens is 388 g/mol. The van der Waals surface area contributed by atoms with Crippen molar-refractivity contribution in [2.45, 2.75) is 5.92 Å². The number of rotatable bonds is 6. The summed E-state index contributed by atoms with van der Waals surface area (Å²) in [6.45, 7) is 0. The molecule has 0 aliphatic heterocycles. The lowest BCUT2D eigenvalue weighted by Gasteiger charge is -2.19. The summed E-state index contributed by atoms with van der Waals surface area (Å²) >= 11 is 0. The van der Waals surface area contributed by atoms with Gasteiger partial charge in [-0.25, -0.2) is 4.79 Å². The number of aldehydes is 1. The summed E-state index contributed by atoms with van der Waals surface area (Å²) in [6.07, 6.45) is 0.693. The Morgan fingerprint density at radius 3 is 2.00 bits per heavy atom. The second-order valence-electron chi connectivity index (χ2n) is 7.14. The Morgan fingerprint density at radius 2 is 1.35 bits per heavy atom. The number of esters is 1. The van der Waals surface area contributed by atoms with Crippen molar-refractivity contribution in [1.82, 2.24) is 0 Å². The van der Waals surface area contributed by atoms with Gasteiger partial charge in [0.05, 0.1) is 5.56 Å². The van der Waals surface area contributed by atoms with Crippen molar-refractivity contribution in [1.29, 1.82) is 0 Å². The second kappa shape index (κ2) is 9.09. The summed E-state index contributed by atoms with van der Waals surface area (Å²) in [4.78, 5) is 23.3. The topological polar surface area (TPSA) is 63.6 Å². The normalized spacial score (nSPS) is 11.5. The maximum absolute atomic E-state index is 12.4. The van der Waals surface area contributed by atoms with Crippen LogP contribution in [0.3, 0.4) is 0 Å². The summed E-state index contributed by atoms with van der Waals surface area (Å²) in [6, 6.07) is 31.0. The van der Waals surface area contributed by atoms with Crippen LogP contribution in [-0.4, -0.2) is 17.4 Å². The zero-order valence-corrected chi connectivity index (χ0v) is 16.6. The van der Waals surface area contributed by atoms with E-state index in [4.69, 9.17) is 4.74 Å². The fourth-order valence-electron chi connectivity index (χ4n) is 3.52. The molecule has 31 heavy (non-hydrogen) atoms. The van der Waals surface area contributed by atoms with E-state index in [9.17, 15) is 14.7 Å². The number of hydrogen-bond donors (Lipinski definition) is 1. The van der Waals surface area contributed by atoms with E-state index in [0.29, 0.717) is 23.2 Å². The highest BCUT2D eigenvalue weighted by Gasteiger charge is 2.17. The molecule has 0 bridgehead atoms. The Bertz CT molecular complexity index is 1180. The lowest BCUT2D eigenvalue weighted by atomic mass is 9.85. The quantitative estimate of drug-likeness (QED) is 0.195. The highest BCUT2D eigenvalue weighted by Crippen LogP contribution is 2.33. The Labute approximate surface area is 180 Å². The minimum atomic E-state index is -0.519. The van der Waals surface area contributed by atoms with Gasteiger partial charge in [-0.2, -0.15) is 0 Å². The zero-order chi connectivity index (χ0) is 21.6. The van der Waals surface area contributed by atoms with E-state index in [1.807, 2.05) is 42.5 Å². The Balaban J connectivity index is 1.60. The van der Waals surface area contributed by atoms with Crippen molar-refractivity contribution >= 4 is 12.3 Å². The Hall–Kier alpha value is -4.18. The minimum absolute atomic E-state index is 0.0316. The third kappa shape index (κ3) is 4.70. The van der Waals surface area contributed by atoms with E-state index in [2.05, 4.69) is 12.1 Å². The highest BCUT2D eigenvalue weighted by atomic mass is 16.5. The van der Waals surface area contributed by atoms with Gasteiger partial charge in [0, 0.05) is 11.5 Å². The number of phenols is 1. The summed E-state index contributed by atoms with van der Waals surface area (Å²) in [5.74, 6) is 0.0877. The Kier molecular flexibility index (Phi) is 5.90. The zero-order valence-electron chi connectivity index (χ0n) is 16.6. The van der Waals surface area contributed by atoms with Crippen LogP contribution in [0.25, 0.3) is 0 Å². The fraction of sp³-hybridized carbons (Fsp3) is 0.0370. The van der Waals surface area contributed by atoms with Crippen LogP contribution >= 0.6 is 0 Å². The first-order valence-electron chi connectivity index (χ1n) is 9.85. The maximum Gasteiger partial charge on any atom is 0.343 e. The predicted octanol–water partition coefficient (Wildman–Crippen LogP) is 5.60. The number of ether oxygens (including phenoxy) is 1. The van der Waals surface area contributed by atoms with Crippen molar-refractivity contribution in [3.8, 4) is 11.5 Å². The van der Waals surface area contributed by atoms with Crippen LogP contribution in [0.1, 0.15) is 43.3 Å². The van der Waals surface area contributed by atoms with Crippen LogP contribution in [0.4, 0.5) is 0 Å². The monoisotopic (exact) mass is 408 g/mol. The molecule has 0 aliphatic rings. The molecule has 152 valence electrons. The third-order valence-corrected chi connectivity index (χ3v) is 5.04. The fourth-order valence-corrected chi connectivity index (χ4v) is 3.52. The molecule has 1 N–H and O–H groups in total. The van der Waals surface area contributed by atoms with Crippen LogP contribution in [0.15, 0.2) is 103 Å². The molecule has 4 rings (SSSR count). The van der Waals surface area contributed by atoms with Crippen molar-refractivity contribution in [2.75, 3.05) is 0 Å². The molecule has 0 saturated carbocycles. The molecule has 0 saturated heterocycles. The first kappa shape index (κ1) is 20.1. The van der Waals surface area contributed by atoms with E-state index in [0.717, 1.165) is 16.7 Å². The number of aromatic hydroxyl groups is 1. The van der Waals surface area contributed by atoms with Crippen LogP contribution in [0.5, 0.6) is 11.5 Å². The average Bonchev–Trinajstić information content (AvgIpc) is 2.82. The summed E-state index contributed by atoms with van der Waals surface area (Å²) in [5.41, 5.74) is 3.92. The lowest BCUT2D eigenvalue weighted by molar-refractivity contribution is 0.0734. The molecule has 0 fully saturated rings. The molecule has 4 nitrogen and oxygen atoms in total. The molecule has 0 heterocycles. The lowest BCUT2D eigenvalue weighted by Crippen LogP contribution is -2.09. The molecule has 1 atom stereocenters. The van der Waals surface area contributed by atoms with Gasteiger partial charge >= 0.3 is 5.97 Å². The van der Waals surface area contributed by atoms with Crippen LogP contribution < -0.4 is 4.74 Å². The van der Waals surface area contributed by atoms with E-state index in [-0.39, 0.29) is 11.7 Å². The molecule has 1 unspecified atom stereocenters. The van der Waals surface area contributed by atoms with Gasteiger partial charge in [-0.05, 0) is 53.1 Å². The largest absolute Gasteiger partial charge is 0.508 e. The van der Waals surface area contributed by atoms with Gasteiger partial charge in [0.15, 0.2) is 0 Å². The number of carbonyl (C=O) groups excluding carboxylic acids is 2. The van der Waals surface area contributed by atoms with Crippen molar-refractivity contribution in [2.24, 2.45) is 0 Å². The van der Waals surface area contributed by atoms with Crippen molar-refractivity contribution in [3.05, 3.63) is 131 Å². The Morgan fingerprint density at radius 1 is 0.742 bits per heavy atom. The van der Waals surface area contributed by atoms with E-state index >= 15 is 0 Å². The molecular formula is C27H20O4. The van der Waals surface area contributed by atoms with Gasteiger partial charge in [0.1, 0.15) is 17.8 Å². The van der Waals surface area contributed by atoms with Crippen molar-refractivity contribution < 1.29 is 19.4 Å². The van der Waals surface area contributed by atoms with Gasteiger partial charge in [-0.3, -0.25) is 4.79 Å².